The van der Waals surface area contributed by atoms with Gasteiger partial charge in [-0.15, -0.1) is 11.8 Å². The monoisotopic (exact) mass is 344 g/mol. The lowest BCUT2D eigenvalue weighted by Crippen LogP contribution is -2.70. The number of carbonyl (C=O) groups is 4. The number of nitrogens with zero attached hydrogens (tertiary/aromatic N) is 1. The van der Waals surface area contributed by atoms with Crippen LogP contribution in [0.1, 0.15) is 19.3 Å². The van der Waals surface area contributed by atoms with Gasteiger partial charge in [0.05, 0.1) is 6.61 Å². The molecule has 0 aliphatic carbocycles. The Balaban J connectivity index is 1.98. The summed E-state index contributed by atoms with van der Waals surface area (Å²) >= 11 is 1.26. The van der Waals surface area contributed by atoms with E-state index in [1.807, 2.05) is 0 Å². The van der Waals surface area contributed by atoms with Gasteiger partial charge in [0.25, 0.3) is 5.91 Å². The number of nitrogens with one attached hydrogen (secondary N) is 1. The second kappa shape index (κ2) is 7.01. The van der Waals surface area contributed by atoms with Crippen molar-refractivity contribution in [1.82, 2.24) is 10.2 Å². The summed E-state index contributed by atoms with van der Waals surface area (Å²) in [5.74, 6) is -3.02. The van der Waals surface area contributed by atoms with Crippen molar-refractivity contribution >= 4 is 35.5 Å². The fourth-order valence-corrected chi connectivity index (χ4v) is 3.79. The molecule has 9 nitrogen and oxygen atoms in total. The first-order valence-corrected chi connectivity index (χ1v) is 7.93. The zero-order valence-corrected chi connectivity index (χ0v) is 12.8. The van der Waals surface area contributed by atoms with Crippen molar-refractivity contribution in [3.05, 3.63) is 11.3 Å². The highest BCUT2D eigenvalue weighted by Crippen LogP contribution is 2.40. The number of carbonyl (C=O) groups excluding carboxylic acids is 2. The number of carboxylic acids is 2. The lowest BCUT2D eigenvalue weighted by atomic mass is 10.0. The SMILES string of the molecule is O=C(O)CCCC(=O)NC1C(=O)N2C(C(=O)O)=C(CO)CSC12. The van der Waals surface area contributed by atoms with Crippen LogP contribution in [0.2, 0.25) is 0 Å². The highest BCUT2D eigenvalue weighted by Gasteiger charge is 2.53. The van der Waals surface area contributed by atoms with Gasteiger partial charge in [-0.1, -0.05) is 0 Å². The van der Waals surface area contributed by atoms with Crippen molar-refractivity contribution < 1.29 is 34.5 Å². The molecule has 1 fully saturated rings. The Morgan fingerprint density at radius 3 is 2.52 bits per heavy atom. The standard InChI is InChI=1S/C13H16N2O7S/c16-4-6-5-23-12-9(11(20)15(12)10(6)13(21)22)14-7(17)2-1-3-8(18)19/h9,12,16H,1-5H2,(H,14,17)(H,18,19)(H,21,22). The third kappa shape index (κ3) is 3.48. The van der Waals surface area contributed by atoms with Crippen molar-refractivity contribution in [2.75, 3.05) is 12.4 Å². The van der Waals surface area contributed by atoms with Crippen molar-refractivity contribution in [3.8, 4) is 0 Å². The molecule has 0 aromatic heterocycles. The highest BCUT2D eigenvalue weighted by molar-refractivity contribution is 8.00. The zero-order valence-electron chi connectivity index (χ0n) is 12.0. The molecular formula is C13H16N2O7S. The molecule has 0 radical (unpaired) electrons. The van der Waals surface area contributed by atoms with Crippen LogP contribution in [-0.2, 0) is 19.2 Å². The number of hydrogen-bond acceptors (Lipinski definition) is 6. The Labute approximate surface area is 135 Å². The number of aliphatic carboxylic acids is 2. The van der Waals surface area contributed by atoms with Crippen LogP contribution in [0, 0.1) is 0 Å². The number of thioether (sulfide) groups is 1. The number of aliphatic hydroxyl groups is 1. The van der Waals surface area contributed by atoms with Crippen LogP contribution in [0.25, 0.3) is 0 Å². The van der Waals surface area contributed by atoms with E-state index < -0.39 is 41.8 Å². The largest absolute Gasteiger partial charge is 0.481 e. The van der Waals surface area contributed by atoms with Gasteiger partial charge in [0.2, 0.25) is 5.91 Å². The minimum atomic E-state index is -1.29. The number of β-lactam (4-membered cyclic amide) rings is 1. The van der Waals surface area contributed by atoms with Crippen LogP contribution < -0.4 is 5.32 Å². The molecule has 0 aromatic rings. The summed E-state index contributed by atoms with van der Waals surface area (Å²) in [6.45, 7) is -0.447. The Bertz CT molecular complexity index is 589. The molecule has 2 amide bonds. The van der Waals surface area contributed by atoms with E-state index in [9.17, 15) is 29.4 Å². The van der Waals surface area contributed by atoms with E-state index in [0.717, 1.165) is 4.90 Å². The van der Waals surface area contributed by atoms with Gasteiger partial charge in [-0.3, -0.25) is 19.3 Å². The Morgan fingerprint density at radius 1 is 1.26 bits per heavy atom. The van der Waals surface area contributed by atoms with Gasteiger partial charge in [-0.05, 0) is 12.0 Å². The fraction of sp³-hybridized carbons (Fsp3) is 0.538. The van der Waals surface area contributed by atoms with E-state index >= 15 is 0 Å². The van der Waals surface area contributed by atoms with Crippen LogP contribution >= 0.6 is 11.8 Å². The molecule has 0 aromatic carbocycles. The maximum Gasteiger partial charge on any atom is 0.352 e. The Morgan fingerprint density at radius 2 is 1.96 bits per heavy atom. The van der Waals surface area contributed by atoms with Crippen LogP contribution in [-0.4, -0.2) is 67.7 Å². The molecule has 0 spiro atoms. The van der Waals surface area contributed by atoms with E-state index in [2.05, 4.69) is 5.32 Å². The average Bonchev–Trinajstić information content (AvgIpc) is 2.50. The minimum absolute atomic E-state index is 0.0169. The minimum Gasteiger partial charge on any atom is -0.481 e. The number of rotatable bonds is 7. The molecule has 2 aliphatic rings. The second-order valence-electron chi connectivity index (χ2n) is 5.12. The molecule has 0 saturated carbocycles. The Hall–Kier alpha value is -2.07. The molecule has 0 bridgehead atoms. The van der Waals surface area contributed by atoms with Crippen molar-refractivity contribution in [2.45, 2.75) is 30.7 Å². The zero-order chi connectivity index (χ0) is 17.1. The molecule has 10 heteroatoms. The highest BCUT2D eigenvalue weighted by atomic mass is 32.2. The first-order valence-electron chi connectivity index (χ1n) is 6.88. The summed E-state index contributed by atoms with van der Waals surface area (Å²) in [6, 6.07) is -0.827. The quantitative estimate of drug-likeness (QED) is 0.429. The van der Waals surface area contributed by atoms with Crippen LogP contribution in [0.3, 0.4) is 0 Å². The van der Waals surface area contributed by atoms with E-state index in [1.54, 1.807) is 0 Å². The number of fused-ring (bicyclic) bond motifs is 1. The van der Waals surface area contributed by atoms with E-state index in [-0.39, 0.29) is 36.3 Å². The van der Waals surface area contributed by atoms with Crippen molar-refractivity contribution in [2.24, 2.45) is 0 Å². The van der Waals surface area contributed by atoms with E-state index in [1.165, 1.54) is 11.8 Å². The van der Waals surface area contributed by atoms with Gasteiger partial charge in [-0.25, -0.2) is 4.79 Å². The first kappa shape index (κ1) is 17.3. The lowest BCUT2D eigenvalue weighted by molar-refractivity contribution is -0.150. The summed E-state index contributed by atoms with van der Waals surface area (Å²) in [5.41, 5.74) is 0.0379. The normalized spacial score (nSPS) is 23.2. The molecule has 23 heavy (non-hydrogen) atoms. The first-order chi connectivity index (χ1) is 10.9. The number of hydrogen-bond donors (Lipinski definition) is 4. The molecule has 2 rings (SSSR count). The summed E-state index contributed by atoms with van der Waals surface area (Å²) < 4.78 is 0. The number of aliphatic hydroxyl groups excluding tert-OH is 1. The van der Waals surface area contributed by atoms with Gasteiger partial charge in [0, 0.05) is 18.6 Å². The molecule has 2 atom stereocenters. The lowest BCUT2D eigenvalue weighted by Gasteiger charge is -2.49. The molecule has 2 aliphatic heterocycles. The molecule has 2 unspecified atom stereocenters. The summed E-state index contributed by atoms with van der Waals surface area (Å²) in [7, 11) is 0. The van der Waals surface area contributed by atoms with Gasteiger partial charge < -0.3 is 20.6 Å². The average molecular weight is 344 g/mol. The van der Waals surface area contributed by atoms with Crippen LogP contribution in [0.15, 0.2) is 11.3 Å². The Kier molecular flexibility index (Phi) is 5.26. The summed E-state index contributed by atoms with van der Waals surface area (Å²) in [5, 5.41) is 28.9. The smallest absolute Gasteiger partial charge is 0.352 e. The predicted molar refractivity (Wildman–Crippen MR) is 78.3 cm³/mol. The molecule has 4 N–H and O–H groups in total. The topological polar surface area (TPSA) is 144 Å². The van der Waals surface area contributed by atoms with Crippen molar-refractivity contribution in [3.63, 3.8) is 0 Å². The second-order valence-corrected chi connectivity index (χ2v) is 6.22. The number of carboxylic acid groups (broad SMARTS) is 2. The number of amides is 2. The third-order valence-electron chi connectivity index (χ3n) is 3.55. The van der Waals surface area contributed by atoms with E-state index in [0.29, 0.717) is 0 Å². The maximum atomic E-state index is 12.1. The van der Waals surface area contributed by atoms with Gasteiger partial charge in [0.15, 0.2) is 0 Å². The third-order valence-corrected chi connectivity index (χ3v) is 4.89. The predicted octanol–water partition coefficient (Wildman–Crippen LogP) is -1.03. The van der Waals surface area contributed by atoms with Gasteiger partial charge in [0.1, 0.15) is 17.1 Å². The maximum absolute atomic E-state index is 12.1. The summed E-state index contributed by atoms with van der Waals surface area (Å²) in [4.78, 5) is 46.6. The molecule has 2 heterocycles. The molecule has 1 saturated heterocycles. The van der Waals surface area contributed by atoms with Crippen LogP contribution in [0.4, 0.5) is 0 Å². The van der Waals surface area contributed by atoms with Gasteiger partial charge >= 0.3 is 11.9 Å². The summed E-state index contributed by atoms with van der Waals surface area (Å²) in [6.07, 6.45) is 0.0115. The molecule has 126 valence electrons. The van der Waals surface area contributed by atoms with Gasteiger partial charge in [-0.2, -0.15) is 0 Å². The van der Waals surface area contributed by atoms with Crippen molar-refractivity contribution in [1.29, 1.82) is 0 Å². The fourth-order valence-electron chi connectivity index (χ4n) is 2.45. The molecular weight excluding hydrogens is 328 g/mol. The van der Waals surface area contributed by atoms with Crippen LogP contribution in [0.5, 0.6) is 0 Å². The van der Waals surface area contributed by atoms with E-state index in [4.69, 9.17) is 5.11 Å².